The quantitative estimate of drug-likeness (QED) is 0.830. The fourth-order valence-electron chi connectivity index (χ4n) is 2.02. The molecule has 0 bridgehead atoms. The van der Waals surface area contributed by atoms with Crippen LogP contribution in [0.3, 0.4) is 0 Å². The van der Waals surface area contributed by atoms with E-state index in [1.165, 1.54) is 0 Å². The van der Waals surface area contributed by atoms with E-state index in [9.17, 15) is 13.2 Å². The third kappa shape index (κ3) is 5.86. The number of rotatable bonds is 7. The lowest BCUT2D eigenvalue weighted by Gasteiger charge is -2.24. The monoisotopic (exact) mass is 340 g/mol. The van der Waals surface area contributed by atoms with Crippen LogP contribution >= 0.6 is 0 Å². The van der Waals surface area contributed by atoms with Crippen molar-refractivity contribution >= 4 is 21.6 Å². The van der Waals surface area contributed by atoms with Crippen molar-refractivity contribution in [2.75, 3.05) is 17.1 Å². The van der Waals surface area contributed by atoms with Crippen LogP contribution in [0.1, 0.15) is 46.1 Å². The van der Waals surface area contributed by atoms with E-state index in [0.29, 0.717) is 11.6 Å². The van der Waals surface area contributed by atoms with E-state index < -0.39 is 10.0 Å². The zero-order valence-corrected chi connectivity index (χ0v) is 15.6. The average molecular weight is 340 g/mol. The van der Waals surface area contributed by atoms with Crippen LogP contribution in [0.15, 0.2) is 24.3 Å². The molecule has 1 rings (SSSR count). The normalized spacial score (nSPS) is 13.2. The molecule has 130 valence electrons. The molecule has 23 heavy (non-hydrogen) atoms. The third-order valence-electron chi connectivity index (χ3n) is 3.92. The molecule has 5 nitrogen and oxygen atoms in total. The first-order valence-electron chi connectivity index (χ1n) is 7.89. The lowest BCUT2D eigenvalue weighted by molar-refractivity contribution is -0.120. The van der Waals surface area contributed by atoms with Crippen LogP contribution in [0.4, 0.5) is 5.69 Å². The number of sulfonamides is 1. The first kappa shape index (κ1) is 19.5. The molecule has 0 aliphatic heterocycles. The molecule has 1 amide bonds. The van der Waals surface area contributed by atoms with E-state index in [-0.39, 0.29) is 24.4 Å². The summed E-state index contributed by atoms with van der Waals surface area (Å²) >= 11 is 0. The number of nitrogens with one attached hydrogen (secondary N) is 1. The highest BCUT2D eigenvalue weighted by Gasteiger charge is 2.22. The zero-order valence-electron chi connectivity index (χ0n) is 14.8. The van der Waals surface area contributed by atoms with Crippen molar-refractivity contribution in [3.63, 3.8) is 0 Å². The molecule has 0 aliphatic carbocycles. The second-order valence-corrected chi connectivity index (χ2v) is 8.52. The molecule has 6 heteroatoms. The first-order valence-corrected chi connectivity index (χ1v) is 9.74. The van der Waals surface area contributed by atoms with Gasteiger partial charge in [-0.25, -0.2) is 8.42 Å². The van der Waals surface area contributed by atoms with Gasteiger partial charge in [0, 0.05) is 6.04 Å². The Morgan fingerprint density at radius 2 is 1.61 bits per heavy atom. The van der Waals surface area contributed by atoms with Crippen molar-refractivity contribution < 1.29 is 13.2 Å². The molecule has 0 spiro atoms. The molecule has 0 saturated heterocycles. The molecule has 1 aromatic rings. The van der Waals surface area contributed by atoms with E-state index in [0.717, 1.165) is 16.1 Å². The maximum absolute atomic E-state index is 12.1. The number of hydrogen-bond donors (Lipinski definition) is 1. The van der Waals surface area contributed by atoms with Crippen LogP contribution in [0.2, 0.25) is 0 Å². The first-order chi connectivity index (χ1) is 10.5. The van der Waals surface area contributed by atoms with Crippen LogP contribution < -0.4 is 9.62 Å². The molecule has 0 fully saturated rings. The number of anilines is 1. The maximum atomic E-state index is 12.1. The van der Waals surface area contributed by atoms with Crippen molar-refractivity contribution in [2.24, 2.45) is 5.92 Å². The van der Waals surface area contributed by atoms with Gasteiger partial charge in [0.15, 0.2) is 0 Å². The molecule has 0 radical (unpaired) electrons. The zero-order chi connectivity index (χ0) is 17.8. The number of carbonyl (C=O) groups is 1. The van der Waals surface area contributed by atoms with E-state index >= 15 is 0 Å². The standard InChI is InChI=1S/C17H28N2O3S/c1-12(2)14(5)18-17(20)11-19(23(6,21)22)16-9-7-15(8-10-16)13(3)4/h7-10,12-14H,11H2,1-6H3,(H,18,20)/t14-/m0/s1. The minimum absolute atomic E-state index is 0.00720. The van der Waals surface area contributed by atoms with Crippen molar-refractivity contribution in [2.45, 2.75) is 46.6 Å². The van der Waals surface area contributed by atoms with Gasteiger partial charge >= 0.3 is 0 Å². The Labute approximate surface area is 140 Å². The number of carbonyl (C=O) groups excluding carboxylic acids is 1. The average Bonchev–Trinajstić information content (AvgIpc) is 2.43. The Bertz CT molecular complexity index is 622. The molecule has 1 N–H and O–H groups in total. The Hall–Kier alpha value is -1.56. The molecular formula is C17H28N2O3S. The van der Waals surface area contributed by atoms with E-state index in [1.807, 2.05) is 32.9 Å². The number of nitrogens with zero attached hydrogens (tertiary/aromatic N) is 1. The fourth-order valence-corrected chi connectivity index (χ4v) is 2.88. The van der Waals surface area contributed by atoms with Crippen LogP contribution in [0.25, 0.3) is 0 Å². The minimum atomic E-state index is -3.53. The molecular weight excluding hydrogens is 312 g/mol. The van der Waals surface area contributed by atoms with Crippen molar-refractivity contribution in [1.29, 1.82) is 0 Å². The van der Waals surface area contributed by atoms with Gasteiger partial charge in [0.05, 0.1) is 11.9 Å². The summed E-state index contributed by atoms with van der Waals surface area (Å²) in [4.78, 5) is 12.1. The maximum Gasteiger partial charge on any atom is 0.240 e. The minimum Gasteiger partial charge on any atom is -0.352 e. The Morgan fingerprint density at radius 1 is 1.09 bits per heavy atom. The van der Waals surface area contributed by atoms with Crippen LogP contribution in [0, 0.1) is 5.92 Å². The van der Waals surface area contributed by atoms with Crippen LogP contribution in [-0.4, -0.2) is 33.2 Å². The SMILES string of the molecule is CC(C)c1ccc(N(CC(=O)N[C@@H](C)C(C)C)S(C)(=O)=O)cc1. The van der Waals surface area contributed by atoms with E-state index in [2.05, 4.69) is 19.2 Å². The fraction of sp³-hybridized carbons (Fsp3) is 0.588. The van der Waals surface area contributed by atoms with Gasteiger partial charge in [0.1, 0.15) is 6.54 Å². The van der Waals surface area contributed by atoms with Crippen LogP contribution in [0.5, 0.6) is 0 Å². The summed E-state index contributed by atoms with van der Waals surface area (Å²) in [7, 11) is -3.53. The van der Waals surface area contributed by atoms with Crippen LogP contribution in [-0.2, 0) is 14.8 Å². The van der Waals surface area contributed by atoms with Gasteiger partial charge < -0.3 is 5.32 Å². The second kappa shape index (κ2) is 7.81. The highest BCUT2D eigenvalue weighted by molar-refractivity contribution is 7.92. The van der Waals surface area contributed by atoms with E-state index in [1.54, 1.807) is 12.1 Å². The molecule has 0 aromatic heterocycles. The number of benzene rings is 1. The summed E-state index contributed by atoms with van der Waals surface area (Å²) in [6.07, 6.45) is 1.11. The largest absolute Gasteiger partial charge is 0.352 e. The molecule has 0 aliphatic rings. The molecule has 0 heterocycles. The molecule has 0 unspecified atom stereocenters. The summed E-state index contributed by atoms with van der Waals surface area (Å²) in [6.45, 7) is 9.85. The highest BCUT2D eigenvalue weighted by Crippen LogP contribution is 2.21. The van der Waals surface area contributed by atoms with Gasteiger partial charge in [-0.1, -0.05) is 39.8 Å². The predicted molar refractivity (Wildman–Crippen MR) is 95.2 cm³/mol. The number of amides is 1. The van der Waals surface area contributed by atoms with Gasteiger partial charge in [-0.15, -0.1) is 0 Å². The summed E-state index contributed by atoms with van der Waals surface area (Å²) in [5.74, 6) is 0.353. The van der Waals surface area contributed by atoms with Gasteiger partial charge in [0.25, 0.3) is 0 Å². The summed E-state index contributed by atoms with van der Waals surface area (Å²) in [5, 5.41) is 2.84. The summed E-state index contributed by atoms with van der Waals surface area (Å²) < 4.78 is 25.2. The van der Waals surface area contributed by atoms with Crippen molar-refractivity contribution in [3.05, 3.63) is 29.8 Å². The van der Waals surface area contributed by atoms with Gasteiger partial charge in [-0.05, 0) is 36.5 Å². The third-order valence-corrected chi connectivity index (χ3v) is 5.06. The van der Waals surface area contributed by atoms with Crippen molar-refractivity contribution in [3.8, 4) is 0 Å². The second-order valence-electron chi connectivity index (χ2n) is 6.62. The highest BCUT2D eigenvalue weighted by atomic mass is 32.2. The smallest absolute Gasteiger partial charge is 0.240 e. The predicted octanol–water partition coefficient (Wildman–Crippen LogP) is 2.74. The lowest BCUT2D eigenvalue weighted by atomic mass is 10.0. The Balaban J connectivity index is 2.96. The lowest BCUT2D eigenvalue weighted by Crippen LogP contribution is -2.44. The van der Waals surface area contributed by atoms with E-state index in [4.69, 9.17) is 0 Å². The van der Waals surface area contributed by atoms with Gasteiger partial charge in [-0.3, -0.25) is 9.10 Å². The molecule has 1 atom stereocenters. The molecule has 1 aromatic carbocycles. The van der Waals surface area contributed by atoms with Gasteiger partial charge in [-0.2, -0.15) is 0 Å². The summed E-state index contributed by atoms with van der Waals surface area (Å²) in [5.41, 5.74) is 1.63. The van der Waals surface area contributed by atoms with Crippen molar-refractivity contribution in [1.82, 2.24) is 5.32 Å². The Morgan fingerprint density at radius 3 is 2.00 bits per heavy atom. The molecule has 0 saturated carbocycles. The Kier molecular flexibility index (Phi) is 6.62. The number of hydrogen-bond acceptors (Lipinski definition) is 3. The van der Waals surface area contributed by atoms with Gasteiger partial charge in [0.2, 0.25) is 15.9 Å². The summed E-state index contributed by atoms with van der Waals surface area (Å²) in [6, 6.07) is 7.28. The topological polar surface area (TPSA) is 66.5 Å².